The van der Waals surface area contributed by atoms with Gasteiger partial charge < -0.3 is 4.74 Å². The monoisotopic (exact) mass is 390 g/mol. The smallest absolute Gasteiger partial charge is 0.324 e. The molecule has 0 spiro atoms. The fraction of sp³-hybridized carbons (Fsp3) is 0.167. The van der Waals surface area contributed by atoms with Gasteiger partial charge in [0.15, 0.2) is 0 Å². The van der Waals surface area contributed by atoms with Crippen LogP contribution in [0.2, 0.25) is 0 Å². The SMILES string of the molecule is CCC(I)C(=O)Oc1ccc2cc3ccccc3cc2c1. The number of esters is 1. The molecule has 0 aliphatic rings. The molecular weight excluding hydrogens is 375 g/mol. The molecule has 3 heteroatoms. The minimum atomic E-state index is -0.182. The summed E-state index contributed by atoms with van der Waals surface area (Å²) in [5.41, 5.74) is 0. The van der Waals surface area contributed by atoms with Gasteiger partial charge in [-0.2, -0.15) is 0 Å². The Morgan fingerprint density at radius 1 is 1.00 bits per heavy atom. The van der Waals surface area contributed by atoms with Gasteiger partial charge in [-0.05, 0) is 52.2 Å². The summed E-state index contributed by atoms with van der Waals surface area (Å²) in [5.74, 6) is 0.427. The summed E-state index contributed by atoms with van der Waals surface area (Å²) in [5, 5.41) is 4.64. The molecule has 0 aliphatic carbocycles. The van der Waals surface area contributed by atoms with Gasteiger partial charge in [-0.25, -0.2) is 0 Å². The molecule has 106 valence electrons. The summed E-state index contributed by atoms with van der Waals surface area (Å²) in [4.78, 5) is 11.9. The van der Waals surface area contributed by atoms with Crippen LogP contribution in [0, 0.1) is 0 Å². The molecule has 0 bridgehead atoms. The number of fused-ring (bicyclic) bond motifs is 2. The molecule has 1 unspecified atom stereocenters. The quantitative estimate of drug-likeness (QED) is 0.204. The van der Waals surface area contributed by atoms with Crippen molar-refractivity contribution < 1.29 is 9.53 Å². The van der Waals surface area contributed by atoms with Crippen molar-refractivity contribution in [3.63, 3.8) is 0 Å². The lowest BCUT2D eigenvalue weighted by atomic mass is 10.0. The standard InChI is InChI=1S/C18H15IO2/c1-2-17(19)18(20)21-16-8-7-14-9-12-5-3-4-6-13(12)10-15(14)11-16/h3-11,17H,2H2,1H3. The van der Waals surface area contributed by atoms with E-state index in [1.807, 2.05) is 37.3 Å². The number of hydrogen-bond donors (Lipinski definition) is 0. The molecule has 2 nitrogen and oxygen atoms in total. The maximum absolute atomic E-state index is 11.9. The first kappa shape index (κ1) is 14.3. The number of rotatable bonds is 3. The van der Waals surface area contributed by atoms with Gasteiger partial charge in [-0.1, -0.05) is 59.8 Å². The van der Waals surface area contributed by atoms with Crippen LogP contribution < -0.4 is 4.74 Å². The molecule has 3 aromatic rings. The lowest BCUT2D eigenvalue weighted by Crippen LogP contribution is -2.19. The van der Waals surface area contributed by atoms with E-state index in [2.05, 4.69) is 46.9 Å². The summed E-state index contributed by atoms with van der Waals surface area (Å²) in [6.45, 7) is 1.98. The molecule has 0 saturated carbocycles. The maximum Gasteiger partial charge on any atom is 0.324 e. The lowest BCUT2D eigenvalue weighted by Gasteiger charge is -2.09. The van der Waals surface area contributed by atoms with Gasteiger partial charge in [-0.15, -0.1) is 0 Å². The van der Waals surface area contributed by atoms with Crippen LogP contribution in [0.25, 0.3) is 21.5 Å². The van der Waals surface area contributed by atoms with E-state index in [-0.39, 0.29) is 9.89 Å². The van der Waals surface area contributed by atoms with Crippen LogP contribution in [0.15, 0.2) is 54.6 Å². The topological polar surface area (TPSA) is 26.3 Å². The van der Waals surface area contributed by atoms with Gasteiger partial charge in [0.25, 0.3) is 0 Å². The van der Waals surface area contributed by atoms with Crippen molar-refractivity contribution >= 4 is 50.1 Å². The summed E-state index contributed by atoms with van der Waals surface area (Å²) < 4.78 is 5.34. The average Bonchev–Trinajstić information content (AvgIpc) is 2.52. The number of hydrogen-bond acceptors (Lipinski definition) is 2. The Bertz CT molecular complexity index is 811. The molecule has 0 fully saturated rings. The zero-order valence-electron chi connectivity index (χ0n) is 11.7. The van der Waals surface area contributed by atoms with E-state index < -0.39 is 0 Å². The molecule has 0 N–H and O–H groups in total. The van der Waals surface area contributed by atoms with Crippen LogP contribution >= 0.6 is 22.6 Å². The third kappa shape index (κ3) is 3.02. The van der Waals surface area contributed by atoms with E-state index in [9.17, 15) is 4.79 Å². The Labute approximate surface area is 137 Å². The second-order valence-electron chi connectivity index (χ2n) is 5.01. The van der Waals surface area contributed by atoms with E-state index in [0.717, 1.165) is 17.2 Å². The van der Waals surface area contributed by atoms with Crippen molar-refractivity contribution in [2.24, 2.45) is 0 Å². The molecular formula is C18H15IO2. The molecule has 0 heterocycles. The summed E-state index contributed by atoms with van der Waals surface area (Å²) in [6, 6.07) is 18.3. The highest BCUT2D eigenvalue weighted by atomic mass is 127. The fourth-order valence-electron chi connectivity index (χ4n) is 2.33. The molecule has 21 heavy (non-hydrogen) atoms. The van der Waals surface area contributed by atoms with Crippen LogP contribution in [0.3, 0.4) is 0 Å². The second kappa shape index (κ2) is 6.02. The summed E-state index contributed by atoms with van der Waals surface area (Å²) >= 11 is 2.11. The van der Waals surface area contributed by atoms with Crippen LogP contribution in [0.1, 0.15) is 13.3 Å². The van der Waals surface area contributed by atoms with Crippen LogP contribution in [-0.2, 0) is 4.79 Å². The Hall–Kier alpha value is -1.62. The number of halogens is 1. The molecule has 1 atom stereocenters. The van der Waals surface area contributed by atoms with Crippen LogP contribution in [-0.4, -0.2) is 9.89 Å². The third-order valence-corrected chi connectivity index (χ3v) is 4.90. The minimum Gasteiger partial charge on any atom is -0.426 e. The zero-order valence-corrected chi connectivity index (χ0v) is 13.8. The van der Waals surface area contributed by atoms with Crippen LogP contribution in [0.4, 0.5) is 0 Å². The molecule has 3 rings (SSSR count). The third-order valence-electron chi connectivity index (χ3n) is 3.51. The van der Waals surface area contributed by atoms with E-state index in [0.29, 0.717) is 5.75 Å². The van der Waals surface area contributed by atoms with Crippen molar-refractivity contribution in [1.82, 2.24) is 0 Å². The Balaban J connectivity index is 1.99. The van der Waals surface area contributed by atoms with E-state index >= 15 is 0 Å². The van der Waals surface area contributed by atoms with Crippen molar-refractivity contribution in [2.45, 2.75) is 17.3 Å². The highest BCUT2D eigenvalue weighted by molar-refractivity contribution is 14.1. The van der Waals surface area contributed by atoms with E-state index in [4.69, 9.17) is 4.74 Å². The van der Waals surface area contributed by atoms with Gasteiger partial charge in [0.2, 0.25) is 0 Å². The molecule has 0 saturated heterocycles. The molecule has 0 amide bonds. The fourth-order valence-corrected chi connectivity index (χ4v) is 2.46. The maximum atomic E-state index is 11.9. The normalized spacial score (nSPS) is 12.5. The minimum absolute atomic E-state index is 0.102. The Morgan fingerprint density at radius 3 is 2.29 bits per heavy atom. The van der Waals surface area contributed by atoms with Gasteiger partial charge >= 0.3 is 5.97 Å². The first-order chi connectivity index (χ1) is 10.2. The predicted octanol–water partition coefficient (Wildman–Crippen LogP) is 5.11. The Kier molecular flexibility index (Phi) is 4.10. The largest absolute Gasteiger partial charge is 0.426 e. The number of carbonyl (C=O) groups is 1. The average molecular weight is 390 g/mol. The zero-order chi connectivity index (χ0) is 14.8. The van der Waals surface area contributed by atoms with Gasteiger partial charge in [0.1, 0.15) is 9.67 Å². The number of ether oxygens (including phenoxy) is 1. The summed E-state index contributed by atoms with van der Waals surface area (Å²) in [7, 11) is 0. The van der Waals surface area contributed by atoms with E-state index in [1.165, 1.54) is 10.8 Å². The number of benzene rings is 3. The highest BCUT2D eigenvalue weighted by Gasteiger charge is 2.14. The van der Waals surface area contributed by atoms with E-state index in [1.54, 1.807) is 0 Å². The summed E-state index contributed by atoms with van der Waals surface area (Å²) in [6.07, 6.45) is 0.775. The predicted molar refractivity (Wildman–Crippen MR) is 95.2 cm³/mol. The molecule has 0 aromatic heterocycles. The lowest BCUT2D eigenvalue weighted by molar-refractivity contribution is -0.133. The molecule has 0 aliphatic heterocycles. The molecule has 3 aromatic carbocycles. The van der Waals surface area contributed by atoms with Crippen LogP contribution in [0.5, 0.6) is 5.75 Å². The highest BCUT2D eigenvalue weighted by Crippen LogP contribution is 2.26. The van der Waals surface area contributed by atoms with Crippen molar-refractivity contribution in [2.75, 3.05) is 0 Å². The second-order valence-corrected chi connectivity index (χ2v) is 6.51. The Morgan fingerprint density at radius 2 is 1.62 bits per heavy atom. The number of carbonyl (C=O) groups excluding carboxylic acids is 1. The van der Waals surface area contributed by atoms with Crippen molar-refractivity contribution in [1.29, 1.82) is 0 Å². The molecule has 0 radical (unpaired) electrons. The van der Waals surface area contributed by atoms with Crippen molar-refractivity contribution in [3.8, 4) is 5.75 Å². The van der Waals surface area contributed by atoms with Gasteiger partial charge in [0, 0.05) is 0 Å². The van der Waals surface area contributed by atoms with Crippen molar-refractivity contribution in [3.05, 3.63) is 54.6 Å². The van der Waals surface area contributed by atoms with Gasteiger partial charge in [0.05, 0.1) is 0 Å². The first-order valence-corrected chi connectivity index (χ1v) is 8.20. The first-order valence-electron chi connectivity index (χ1n) is 6.95. The van der Waals surface area contributed by atoms with Gasteiger partial charge in [-0.3, -0.25) is 4.79 Å². The number of alkyl halides is 1.